The standard InChI is InChI=1S/C9H7NO/c10-7-3-1-2-6-4-5-8(11)9(6)7/h1-5H,10H2. The van der Waals surface area contributed by atoms with Gasteiger partial charge in [-0.05, 0) is 17.7 Å². The normalized spacial score (nSPS) is 13.6. The van der Waals surface area contributed by atoms with Gasteiger partial charge in [-0.25, -0.2) is 0 Å². The molecule has 0 aromatic heterocycles. The Morgan fingerprint density at radius 3 is 2.73 bits per heavy atom. The monoisotopic (exact) mass is 145 g/mol. The molecule has 0 fully saturated rings. The molecule has 0 heterocycles. The minimum atomic E-state index is 0.0121. The van der Waals surface area contributed by atoms with Gasteiger partial charge in [0.05, 0.1) is 5.56 Å². The summed E-state index contributed by atoms with van der Waals surface area (Å²) in [5, 5.41) is 0. The van der Waals surface area contributed by atoms with Crippen molar-refractivity contribution in [2.45, 2.75) is 0 Å². The fraction of sp³-hybridized carbons (Fsp3) is 0. The molecule has 2 N–H and O–H groups in total. The van der Waals surface area contributed by atoms with Crippen LogP contribution in [0.4, 0.5) is 5.69 Å². The Balaban J connectivity index is 2.74. The van der Waals surface area contributed by atoms with Gasteiger partial charge in [0.25, 0.3) is 0 Å². The molecule has 2 heteroatoms. The fourth-order valence-corrected chi connectivity index (χ4v) is 1.26. The van der Waals surface area contributed by atoms with Crippen molar-refractivity contribution in [3.05, 3.63) is 35.4 Å². The summed E-state index contributed by atoms with van der Waals surface area (Å²) in [5.74, 6) is 0.0121. The van der Waals surface area contributed by atoms with E-state index in [1.54, 1.807) is 18.2 Å². The minimum absolute atomic E-state index is 0.0121. The molecule has 2 rings (SSSR count). The maximum Gasteiger partial charge on any atom is 0.188 e. The van der Waals surface area contributed by atoms with Gasteiger partial charge in [0.15, 0.2) is 5.78 Å². The van der Waals surface area contributed by atoms with E-state index in [4.69, 9.17) is 5.73 Å². The molecule has 0 spiro atoms. The molecule has 2 nitrogen and oxygen atoms in total. The molecule has 0 unspecified atom stereocenters. The lowest BCUT2D eigenvalue weighted by Crippen LogP contribution is -1.98. The predicted octanol–water partition coefficient (Wildman–Crippen LogP) is 1.48. The molecule has 1 aromatic rings. The van der Waals surface area contributed by atoms with Gasteiger partial charge < -0.3 is 5.73 Å². The fourth-order valence-electron chi connectivity index (χ4n) is 1.26. The number of ketones is 1. The second-order valence-corrected chi connectivity index (χ2v) is 2.51. The highest BCUT2D eigenvalue weighted by Gasteiger charge is 2.15. The van der Waals surface area contributed by atoms with Gasteiger partial charge in [-0.2, -0.15) is 0 Å². The van der Waals surface area contributed by atoms with Crippen LogP contribution in [0.5, 0.6) is 0 Å². The first-order chi connectivity index (χ1) is 5.29. The summed E-state index contributed by atoms with van der Waals surface area (Å²) in [5.41, 5.74) is 7.74. The summed E-state index contributed by atoms with van der Waals surface area (Å²) in [6.45, 7) is 0. The smallest absolute Gasteiger partial charge is 0.188 e. The van der Waals surface area contributed by atoms with Crippen LogP contribution in [0.15, 0.2) is 24.3 Å². The Morgan fingerprint density at radius 2 is 2.00 bits per heavy atom. The summed E-state index contributed by atoms with van der Waals surface area (Å²) in [6, 6.07) is 5.47. The number of nitrogen functional groups attached to an aromatic ring is 1. The van der Waals surface area contributed by atoms with Crippen LogP contribution in [0.1, 0.15) is 15.9 Å². The number of carbonyl (C=O) groups excluding carboxylic acids is 1. The van der Waals surface area contributed by atoms with E-state index in [2.05, 4.69) is 0 Å². The van der Waals surface area contributed by atoms with E-state index in [1.165, 1.54) is 0 Å². The van der Waals surface area contributed by atoms with E-state index < -0.39 is 0 Å². The summed E-state index contributed by atoms with van der Waals surface area (Å²) in [6.07, 6.45) is 3.33. The van der Waals surface area contributed by atoms with Crippen molar-refractivity contribution in [2.75, 3.05) is 5.73 Å². The molecule has 0 atom stereocenters. The SMILES string of the molecule is Nc1cccc2c1C(=O)C=C2. The molecule has 11 heavy (non-hydrogen) atoms. The number of allylic oxidation sites excluding steroid dienone is 1. The third-order valence-corrected chi connectivity index (χ3v) is 1.79. The number of hydrogen-bond acceptors (Lipinski definition) is 2. The van der Waals surface area contributed by atoms with Gasteiger partial charge in [-0.1, -0.05) is 18.2 Å². The largest absolute Gasteiger partial charge is 0.398 e. The van der Waals surface area contributed by atoms with Gasteiger partial charge in [-0.15, -0.1) is 0 Å². The Kier molecular flexibility index (Phi) is 1.09. The van der Waals surface area contributed by atoms with Crippen LogP contribution < -0.4 is 5.73 Å². The zero-order valence-corrected chi connectivity index (χ0v) is 5.87. The second-order valence-electron chi connectivity index (χ2n) is 2.51. The summed E-state index contributed by atoms with van der Waals surface area (Å²) >= 11 is 0. The second kappa shape index (κ2) is 1.95. The number of carbonyl (C=O) groups is 1. The third kappa shape index (κ3) is 0.759. The minimum Gasteiger partial charge on any atom is -0.398 e. The molecule has 0 radical (unpaired) electrons. The lowest BCUT2D eigenvalue weighted by molar-refractivity contribution is 0.105. The Bertz CT molecular complexity index is 353. The van der Waals surface area contributed by atoms with E-state index in [-0.39, 0.29) is 5.78 Å². The molecule has 0 aliphatic heterocycles. The van der Waals surface area contributed by atoms with Crippen molar-refractivity contribution in [3.8, 4) is 0 Å². The van der Waals surface area contributed by atoms with E-state index >= 15 is 0 Å². The van der Waals surface area contributed by atoms with Crippen LogP contribution in [-0.2, 0) is 0 Å². The van der Waals surface area contributed by atoms with Crippen LogP contribution >= 0.6 is 0 Å². The van der Waals surface area contributed by atoms with Gasteiger partial charge in [0.2, 0.25) is 0 Å². The zero-order valence-electron chi connectivity index (χ0n) is 5.87. The lowest BCUT2D eigenvalue weighted by Gasteiger charge is -1.99. The third-order valence-electron chi connectivity index (χ3n) is 1.79. The average molecular weight is 145 g/mol. The van der Waals surface area contributed by atoms with Crippen molar-refractivity contribution in [1.29, 1.82) is 0 Å². The van der Waals surface area contributed by atoms with Crippen LogP contribution in [0.2, 0.25) is 0 Å². The molecule has 1 aliphatic rings. The van der Waals surface area contributed by atoms with Gasteiger partial charge in [0.1, 0.15) is 0 Å². The molecule has 54 valence electrons. The van der Waals surface area contributed by atoms with Gasteiger partial charge in [0, 0.05) is 5.69 Å². The van der Waals surface area contributed by atoms with Gasteiger partial charge in [-0.3, -0.25) is 4.79 Å². The maximum absolute atomic E-state index is 11.1. The number of anilines is 1. The summed E-state index contributed by atoms with van der Waals surface area (Å²) < 4.78 is 0. The number of fused-ring (bicyclic) bond motifs is 1. The highest BCUT2D eigenvalue weighted by molar-refractivity contribution is 6.16. The number of hydrogen-bond donors (Lipinski definition) is 1. The topological polar surface area (TPSA) is 43.1 Å². The Morgan fingerprint density at radius 1 is 1.18 bits per heavy atom. The zero-order chi connectivity index (χ0) is 7.84. The van der Waals surface area contributed by atoms with Crippen molar-refractivity contribution in [1.82, 2.24) is 0 Å². The molecule has 0 saturated heterocycles. The van der Waals surface area contributed by atoms with E-state index in [0.29, 0.717) is 11.3 Å². The molecular formula is C9H7NO. The quantitative estimate of drug-likeness (QED) is 0.562. The highest BCUT2D eigenvalue weighted by atomic mass is 16.1. The summed E-state index contributed by atoms with van der Waals surface area (Å²) in [7, 11) is 0. The van der Waals surface area contributed by atoms with Crippen molar-refractivity contribution in [3.63, 3.8) is 0 Å². The molecule has 1 aliphatic carbocycles. The number of rotatable bonds is 0. The lowest BCUT2D eigenvalue weighted by atomic mass is 10.1. The number of benzene rings is 1. The maximum atomic E-state index is 11.1. The van der Waals surface area contributed by atoms with Crippen LogP contribution in [0, 0.1) is 0 Å². The van der Waals surface area contributed by atoms with E-state index in [1.807, 2.05) is 12.1 Å². The van der Waals surface area contributed by atoms with Crippen molar-refractivity contribution >= 4 is 17.5 Å². The summed E-state index contributed by atoms with van der Waals surface area (Å²) in [4.78, 5) is 11.1. The molecular weight excluding hydrogens is 138 g/mol. The van der Waals surface area contributed by atoms with Gasteiger partial charge >= 0.3 is 0 Å². The Labute approximate surface area is 64.3 Å². The molecule has 0 saturated carbocycles. The molecule has 0 bridgehead atoms. The van der Waals surface area contributed by atoms with Crippen molar-refractivity contribution in [2.24, 2.45) is 0 Å². The van der Waals surface area contributed by atoms with Crippen LogP contribution in [-0.4, -0.2) is 5.78 Å². The van der Waals surface area contributed by atoms with Crippen LogP contribution in [0.25, 0.3) is 6.08 Å². The molecule has 0 amide bonds. The number of nitrogens with two attached hydrogens (primary N) is 1. The first kappa shape index (κ1) is 6.16. The van der Waals surface area contributed by atoms with E-state index in [0.717, 1.165) is 5.56 Å². The highest BCUT2D eigenvalue weighted by Crippen LogP contribution is 2.24. The Hall–Kier alpha value is -1.57. The van der Waals surface area contributed by atoms with Crippen LogP contribution in [0.3, 0.4) is 0 Å². The van der Waals surface area contributed by atoms with E-state index in [9.17, 15) is 4.79 Å². The average Bonchev–Trinajstić information content (AvgIpc) is 2.34. The first-order valence-corrected chi connectivity index (χ1v) is 3.40. The van der Waals surface area contributed by atoms with Crippen molar-refractivity contribution < 1.29 is 4.79 Å². The molecule has 1 aromatic carbocycles. The predicted molar refractivity (Wildman–Crippen MR) is 44.2 cm³/mol. The first-order valence-electron chi connectivity index (χ1n) is 3.40.